The third-order valence-corrected chi connectivity index (χ3v) is 1.48. The first-order chi connectivity index (χ1) is 5.16. The van der Waals surface area contributed by atoms with Crippen molar-refractivity contribution in [3.63, 3.8) is 0 Å². The van der Waals surface area contributed by atoms with Crippen LogP contribution in [0.1, 0.15) is 27.2 Å². The van der Waals surface area contributed by atoms with Crippen molar-refractivity contribution in [1.82, 2.24) is 0 Å². The van der Waals surface area contributed by atoms with Gasteiger partial charge in [0.05, 0.1) is 6.61 Å². The molecule has 0 radical (unpaired) electrons. The summed E-state index contributed by atoms with van der Waals surface area (Å²) in [7, 11) is 1.65. The molecule has 0 fully saturated rings. The lowest BCUT2D eigenvalue weighted by Crippen LogP contribution is -2.09. The average Bonchev–Trinajstić information content (AvgIpc) is 1.86. The molecule has 0 heterocycles. The van der Waals surface area contributed by atoms with Crippen molar-refractivity contribution < 1.29 is 9.47 Å². The Morgan fingerprint density at radius 2 is 1.82 bits per heavy atom. The highest BCUT2D eigenvalue weighted by Gasteiger charge is 2.04. The number of ether oxygens (including phenoxy) is 2. The second-order valence-corrected chi connectivity index (χ2v) is 3.51. The van der Waals surface area contributed by atoms with Crippen LogP contribution in [0.5, 0.6) is 0 Å². The molecule has 0 bridgehead atoms. The van der Waals surface area contributed by atoms with Crippen molar-refractivity contribution in [3.8, 4) is 0 Å². The number of hydrogen-bond acceptors (Lipinski definition) is 2. The smallest absolute Gasteiger partial charge is 0.146 e. The molecule has 0 aromatic rings. The van der Waals surface area contributed by atoms with E-state index in [4.69, 9.17) is 9.47 Å². The Bertz CT molecular complexity index is 81.6. The second kappa shape index (κ2) is 6.62. The van der Waals surface area contributed by atoms with Gasteiger partial charge in [0, 0.05) is 7.11 Å². The van der Waals surface area contributed by atoms with Gasteiger partial charge in [-0.15, -0.1) is 0 Å². The molecule has 0 N–H and O–H groups in total. The zero-order chi connectivity index (χ0) is 8.69. The van der Waals surface area contributed by atoms with E-state index in [1.54, 1.807) is 7.11 Å². The summed E-state index contributed by atoms with van der Waals surface area (Å²) in [5.41, 5.74) is 0. The lowest BCUT2D eigenvalue weighted by atomic mass is 10.00. The van der Waals surface area contributed by atoms with E-state index in [1.807, 2.05) is 0 Å². The van der Waals surface area contributed by atoms with Crippen LogP contribution in [-0.4, -0.2) is 20.5 Å². The summed E-state index contributed by atoms with van der Waals surface area (Å²) in [5, 5.41) is 0. The maximum atomic E-state index is 5.22. The van der Waals surface area contributed by atoms with Crippen molar-refractivity contribution in [2.75, 3.05) is 20.5 Å². The van der Waals surface area contributed by atoms with Crippen LogP contribution in [0.3, 0.4) is 0 Å². The Kier molecular flexibility index (Phi) is 6.57. The molecule has 68 valence electrons. The molecule has 1 unspecified atom stereocenters. The molecule has 2 heteroatoms. The van der Waals surface area contributed by atoms with E-state index < -0.39 is 0 Å². The van der Waals surface area contributed by atoms with E-state index in [2.05, 4.69) is 20.8 Å². The zero-order valence-electron chi connectivity index (χ0n) is 8.09. The van der Waals surface area contributed by atoms with Crippen LogP contribution >= 0.6 is 0 Å². The molecule has 0 saturated carbocycles. The monoisotopic (exact) mass is 160 g/mol. The van der Waals surface area contributed by atoms with Gasteiger partial charge in [-0.05, 0) is 18.3 Å². The summed E-state index contributed by atoms with van der Waals surface area (Å²) in [5.74, 6) is 1.40. The lowest BCUT2D eigenvalue weighted by Gasteiger charge is -2.13. The maximum absolute atomic E-state index is 5.22. The van der Waals surface area contributed by atoms with Gasteiger partial charge in [-0.25, -0.2) is 0 Å². The van der Waals surface area contributed by atoms with Crippen molar-refractivity contribution >= 4 is 0 Å². The Hall–Kier alpha value is -0.0800. The number of rotatable bonds is 6. The summed E-state index contributed by atoms with van der Waals surface area (Å²) in [6.07, 6.45) is 1.23. The highest BCUT2D eigenvalue weighted by Crippen LogP contribution is 2.10. The van der Waals surface area contributed by atoms with E-state index >= 15 is 0 Å². The Morgan fingerprint density at radius 3 is 2.27 bits per heavy atom. The van der Waals surface area contributed by atoms with Gasteiger partial charge in [0.2, 0.25) is 0 Å². The van der Waals surface area contributed by atoms with Crippen LogP contribution in [0.4, 0.5) is 0 Å². The van der Waals surface area contributed by atoms with E-state index in [0.717, 1.165) is 12.5 Å². The van der Waals surface area contributed by atoms with Crippen LogP contribution in [0.2, 0.25) is 0 Å². The van der Waals surface area contributed by atoms with Crippen molar-refractivity contribution in [2.24, 2.45) is 11.8 Å². The molecular formula is C9H20O2. The van der Waals surface area contributed by atoms with Crippen LogP contribution in [0, 0.1) is 11.8 Å². The molecule has 11 heavy (non-hydrogen) atoms. The lowest BCUT2D eigenvalue weighted by molar-refractivity contribution is -0.0432. The quantitative estimate of drug-likeness (QED) is 0.438. The predicted molar refractivity (Wildman–Crippen MR) is 46.4 cm³/mol. The van der Waals surface area contributed by atoms with Crippen LogP contribution in [-0.2, 0) is 9.47 Å². The molecule has 0 aliphatic heterocycles. The standard InChI is InChI=1S/C9H20O2/c1-8(2)5-9(3)6-11-7-10-4/h8-9H,5-7H2,1-4H3. The number of hydrogen-bond donors (Lipinski definition) is 0. The Labute approximate surface area is 69.9 Å². The minimum Gasteiger partial charge on any atom is -0.359 e. The van der Waals surface area contributed by atoms with Crippen molar-refractivity contribution in [2.45, 2.75) is 27.2 Å². The van der Waals surface area contributed by atoms with Gasteiger partial charge in [-0.1, -0.05) is 20.8 Å². The fourth-order valence-corrected chi connectivity index (χ4v) is 1.21. The van der Waals surface area contributed by atoms with E-state index in [0.29, 0.717) is 12.7 Å². The first-order valence-electron chi connectivity index (χ1n) is 4.23. The van der Waals surface area contributed by atoms with Gasteiger partial charge in [-0.2, -0.15) is 0 Å². The van der Waals surface area contributed by atoms with Gasteiger partial charge in [0.25, 0.3) is 0 Å². The molecule has 0 aliphatic carbocycles. The Morgan fingerprint density at radius 1 is 1.18 bits per heavy atom. The normalized spacial score (nSPS) is 13.9. The van der Waals surface area contributed by atoms with Gasteiger partial charge >= 0.3 is 0 Å². The van der Waals surface area contributed by atoms with E-state index in [-0.39, 0.29) is 0 Å². The molecule has 0 spiro atoms. The highest BCUT2D eigenvalue weighted by molar-refractivity contribution is 4.53. The molecule has 0 aromatic heterocycles. The minimum atomic E-state index is 0.419. The van der Waals surface area contributed by atoms with Crippen LogP contribution in [0.25, 0.3) is 0 Å². The molecule has 2 nitrogen and oxygen atoms in total. The molecule has 0 rings (SSSR count). The fraction of sp³-hybridized carbons (Fsp3) is 1.00. The topological polar surface area (TPSA) is 18.5 Å². The van der Waals surface area contributed by atoms with Crippen LogP contribution in [0.15, 0.2) is 0 Å². The third kappa shape index (κ3) is 7.82. The van der Waals surface area contributed by atoms with Crippen molar-refractivity contribution in [1.29, 1.82) is 0 Å². The maximum Gasteiger partial charge on any atom is 0.146 e. The third-order valence-electron chi connectivity index (χ3n) is 1.48. The van der Waals surface area contributed by atoms with Crippen molar-refractivity contribution in [3.05, 3.63) is 0 Å². The van der Waals surface area contributed by atoms with E-state index in [9.17, 15) is 0 Å². The first-order valence-corrected chi connectivity index (χ1v) is 4.23. The molecular weight excluding hydrogens is 140 g/mol. The summed E-state index contributed by atoms with van der Waals surface area (Å²) in [6.45, 7) is 7.89. The average molecular weight is 160 g/mol. The summed E-state index contributed by atoms with van der Waals surface area (Å²) in [6, 6.07) is 0. The predicted octanol–water partition coefficient (Wildman–Crippen LogP) is 2.29. The highest BCUT2D eigenvalue weighted by atomic mass is 16.7. The molecule has 0 aliphatic rings. The van der Waals surface area contributed by atoms with Gasteiger partial charge in [-0.3, -0.25) is 0 Å². The molecule has 0 saturated heterocycles. The summed E-state index contributed by atoms with van der Waals surface area (Å²) in [4.78, 5) is 0. The molecule has 0 amide bonds. The fourth-order valence-electron chi connectivity index (χ4n) is 1.21. The second-order valence-electron chi connectivity index (χ2n) is 3.51. The minimum absolute atomic E-state index is 0.419. The zero-order valence-corrected chi connectivity index (χ0v) is 8.09. The van der Waals surface area contributed by atoms with Crippen LogP contribution < -0.4 is 0 Å². The molecule has 0 aromatic carbocycles. The summed E-state index contributed by atoms with van der Waals surface area (Å²) >= 11 is 0. The van der Waals surface area contributed by atoms with Gasteiger partial charge in [0.15, 0.2) is 0 Å². The largest absolute Gasteiger partial charge is 0.359 e. The first kappa shape index (κ1) is 10.9. The van der Waals surface area contributed by atoms with Gasteiger partial charge < -0.3 is 9.47 Å². The molecule has 1 atom stereocenters. The SMILES string of the molecule is COCOCC(C)CC(C)C. The Balaban J connectivity index is 3.15. The van der Waals surface area contributed by atoms with Gasteiger partial charge in [0.1, 0.15) is 6.79 Å². The number of methoxy groups -OCH3 is 1. The summed E-state index contributed by atoms with van der Waals surface area (Å²) < 4.78 is 10.00. The van der Waals surface area contributed by atoms with E-state index in [1.165, 1.54) is 6.42 Å².